The molecule has 0 aliphatic carbocycles. The third-order valence-corrected chi connectivity index (χ3v) is 1.95. The minimum atomic E-state index is -4.32. The highest BCUT2D eigenvalue weighted by Gasteiger charge is 2.30. The van der Waals surface area contributed by atoms with E-state index in [0.29, 0.717) is 12.2 Å². The fourth-order valence-corrected chi connectivity index (χ4v) is 1.05. The summed E-state index contributed by atoms with van der Waals surface area (Å²) < 4.78 is 36.7. The van der Waals surface area contributed by atoms with Gasteiger partial charge in [0.25, 0.3) is 0 Å². The van der Waals surface area contributed by atoms with Crippen LogP contribution in [0.1, 0.15) is 32.0 Å². The van der Waals surface area contributed by atoms with E-state index >= 15 is 0 Å². The zero-order valence-corrected chi connectivity index (χ0v) is 9.52. The zero-order chi connectivity index (χ0) is 12.4. The van der Waals surface area contributed by atoms with Crippen molar-refractivity contribution in [1.29, 1.82) is 0 Å². The standard InChI is InChI=1S/C11H15F3N2/c1-10(2,3)16-7-9-5-4-8(6-15-9)11(12,13)14/h4-6,16H,7H2,1-3H3. The Morgan fingerprint density at radius 1 is 1.19 bits per heavy atom. The maximum Gasteiger partial charge on any atom is 0.417 e. The molecule has 2 nitrogen and oxygen atoms in total. The van der Waals surface area contributed by atoms with E-state index in [1.165, 1.54) is 6.07 Å². The highest BCUT2D eigenvalue weighted by molar-refractivity contribution is 5.16. The average molecular weight is 232 g/mol. The molecule has 1 rings (SSSR count). The number of aromatic nitrogens is 1. The van der Waals surface area contributed by atoms with Crippen LogP contribution in [0.25, 0.3) is 0 Å². The predicted octanol–water partition coefficient (Wildman–Crippen LogP) is 2.99. The second-order valence-corrected chi connectivity index (χ2v) is 4.64. The Morgan fingerprint density at radius 2 is 1.81 bits per heavy atom. The first-order valence-corrected chi connectivity index (χ1v) is 4.96. The first kappa shape index (κ1) is 13.0. The van der Waals surface area contributed by atoms with Crippen molar-refractivity contribution < 1.29 is 13.2 Å². The Hall–Kier alpha value is -1.10. The molecule has 0 unspecified atom stereocenters. The summed E-state index contributed by atoms with van der Waals surface area (Å²) in [4.78, 5) is 3.77. The summed E-state index contributed by atoms with van der Waals surface area (Å²) in [6, 6.07) is 2.44. The molecule has 0 amide bonds. The quantitative estimate of drug-likeness (QED) is 0.847. The van der Waals surface area contributed by atoms with E-state index in [2.05, 4.69) is 10.3 Å². The lowest BCUT2D eigenvalue weighted by atomic mass is 10.1. The van der Waals surface area contributed by atoms with E-state index in [4.69, 9.17) is 0 Å². The van der Waals surface area contributed by atoms with Gasteiger partial charge in [-0.15, -0.1) is 0 Å². The number of rotatable bonds is 2. The first-order chi connectivity index (χ1) is 7.18. The van der Waals surface area contributed by atoms with Crippen LogP contribution in [-0.4, -0.2) is 10.5 Å². The fraction of sp³-hybridized carbons (Fsp3) is 0.545. The van der Waals surface area contributed by atoms with Crippen LogP contribution >= 0.6 is 0 Å². The number of hydrogen-bond donors (Lipinski definition) is 1. The van der Waals surface area contributed by atoms with Crippen LogP contribution < -0.4 is 5.32 Å². The van der Waals surface area contributed by atoms with Crippen LogP contribution in [0.3, 0.4) is 0 Å². The highest BCUT2D eigenvalue weighted by atomic mass is 19.4. The first-order valence-electron chi connectivity index (χ1n) is 4.96. The van der Waals surface area contributed by atoms with Crippen molar-refractivity contribution in [3.63, 3.8) is 0 Å². The van der Waals surface area contributed by atoms with Gasteiger partial charge in [0.1, 0.15) is 0 Å². The lowest BCUT2D eigenvalue weighted by Gasteiger charge is -2.20. The van der Waals surface area contributed by atoms with Gasteiger partial charge in [0.15, 0.2) is 0 Å². The predicted molar refractivity (Wildman–Crippen MR) is 55.8 cm³/mol. The summed E-state index contributed by atoms with van der Waals surface area (Å²) >= 11 is 0. The molecule has 0 spiro atoms. The molecule has 1 aromatic rings. The van der Waals surface area contributed by atoms with Crippen LogP contribution in [-0.2, 0) is 12.7 Å². The van der Waals surface area contributed by atoms with E-state index < -0.39 is 11.7 Å². The normalized spacial score (nSPS) is 12.9. The number of nitrogens with zero attached hydrogens (tertiary/aromatic N) is 1. The Labute approximate surface area is 92.9 Å². The Kier molecular flexibility index (Phi) is 3.57. The van der Waals surface area contributed by atoms with Crippen LogP contribution in [0, 0.1) is 0 Å². The van der Waals surface area contributed by atoms with Crippen molar-refractivity contribution in [2.45, 2.75) is 39.0 Å². The lowest BCUT2D eigenvalue weighted by Crippen LogP contribution is -2.35. The molecule has 16 heavy (non-hydrogen) atoms. The minimum Gasteiger partial charge on any atom is -0.306 e. The molecule has 0 saturated heterocycles. The van der Waals surface area contributed by atoms with Gasteiger partial charge in [0.05, 0.1) is 11.3 Å². The Bertz CT molecular complexity index is 336. The maximum atomic E-state index is 12.2. The molecule has 0 fully saturated rings. The summed E-state index contributed by atoms with van der Waals surface area (Å²) in [5, 5.41) is 3.15. The number of alkyl halides is 3. The van der Waals surface area contributed by atoms with Gasteiger partial charge in [0, 0.05) is 18.3 Å². The molecule has 0 saturated carbocycles. The van der Waals surface area contributed by atoms with E-state index in [1.54, 1.807) is 0 Å². The molecule has 1 aromatic heterocycles. The van der Waals surface area contributed by atoms with Gasteiger partial charge in [-0.3, -0.25) is 4.98 Å². The fourth-order valence-electron chi connectivity index (χ4n) is 1.05. The molecule has 1 heterocycles. The van der Waals surface area contributed by atoms with Crippen LogP contribution in [0.2, 0.25) is 0 Å². The molecule has 0 radical (unpaired) electrons. The van der Waals surface area contributed by atoms with Crippen molar-refractivity contribution in [1.82, 2.24) is 10.3 Å². The third-order valence-electron chi connectivity index (χ3n) is 1.95. The average Bonchev–Trinajstić information content (AvgIpc) is 2.13. The van der Waals surface area contributed by atoms with Gasteiger partial charge in [0.2, 0.25) is 0 Å². The SMILES string of the molecule is CC(C)(C)NCc1ccc(C(F)(F)F)cn1. The van der Waals surface area contributed by atoms with Gasteiger partial charge in [-0.25, -0.2) is 0 Å². The number of halogens is 3. The summed E-state index contributed by atoms with van der Waals surface area (Å²) in [6.45, 7) is 6.41. The Balaban J connectivity index is 2.66. The van der Waals surface area contributed by atoms with Crippen molar-refractivity contribution in [3.8, 4) is 0 Å². The molecule has 0 bridgehead atoms. The van der Waals surface area contributed by atoms with Gasteiger partial charge < -0.3 is 5.32 Å². The van der Waals surface area contributed by atoms with Gasteiger partial charge in [-0.2, -0.15) is 13.2 Å². The van der Waals surface area contributed by atoms with Crippen molar-refractivity contribution in [2.75, 3.05) is 0 Å². The number of pyridine rings is 1. The van der Waals surface area contributed by atoms with E-state index in [0.717, 1.165) is 12.3 Å². The second-order valence-electron chi connectivity index (χ2n) is 4.64. The lowest BCUT2D eigenvalue weighted by molar-refractivity contribution is -0.137. The van der Waals surface area contributed by atoms with E-state index in [-0.39, 0.29) is 5.54 Å². The molecule has 0 aromatic carbocycles. The molecule has 5 heteroatoms. The molecule has 0 atom stereocenters. The smallest absolute Gasteiger partial charge is 0.306 e. The van der Waals surface area contributed by atoms with Crippen molar-refractivity contribution in [3.05, 3.63) is 29.6 Å². The van der Waals surface area contributed by atoms with Crippen LogP contribution in [0.4, 0.5) is 13.2 Å². The second kappa shape index (κ2) is 4.41. The monoisotopic (exact) mass is 232 g/mol. The number of hydrogen-bond acceptors (Lipinski definition) is 2. The Morgan fingerprint density at radius 3 is 2.19 bits per heavy atom. The molecular formula is C11H15F3N2. The number of nitrogens with one attached hydrogen (secondary N) is 1. The topological polar surface area (TPSA) is 24.9 Å². The molecule has 1 N–H and O–H groups in total. The largest absolute Gasteiger partial charge is 0.417 e. The molecular weight excluding hydrogens is 217 g/mol. The van der Waals surface area contributed by atoms with E-state index in [1.807, 2.05) is 20.8 Å². The third kappa shape index (κ3) is 4.18. The van der Waals surface area contributed by atoms with Crippen molar-refractivity contribution in [2.24, 2.45) is 0 Å². The molecule has 0 aliphatic heterocycles. The van der Waals surface area contributed by atoms with Gasteiger partial charge in [-0.1, -0.05) is 0 Å². The molecule has 0 aliphatic rings. The van der Waals surface area contributed by atoms with Crippen molar-refractivity contribution >= 4 is 0 Å². The maximum absolute atomic E-state index is 12.2. The highest BCUT2D eigenvalue weighted by Crippen LogP contribution is 2.28. The summed E-state index contributed by atoms with van der Waals surface area (Å²) in [5.41, 5.74) is -0.195. The van der Waals surface area contributed by atoms with E-state index in [9.17, 15) is 13.2 Å². The van der Waals surface area contributed by atoms with Crippen LogP contribution in [0.5, 0.6) is 0 Å². The summed E-state index contributed by atoms with van der Waals surface area (Å²) in [5.74, 6) is 0. The molecule has 90 valence electrons. The zero-order valence-electron chi connectivity index (χ0n) is 9.52. The minimum absolute atomic E-state index is 0.0790. The summed E-state index contributed by atoms with van der Waals surface area (Å²) in [7, 11) is 0. The summed E-state index contributed by atoms with van der Waals surface area (Å²) in [6.07, 6.45) is -3.46. The van der Waals surface area contributed by atoms with Crippen LogP contribution in [0.15, 0.2) is 18.3 Å². The van der Waals surface area contributed by atoms with Gasteiger partial charge in [-0.05, 0) is 32.9 Å². The van der Waals surface area contributed by atoms with Gasteiger partial charge >= 0.3 is 6.18 Å².